The van der Waals surface area contributed by atoms with Crippen LogP contribution in [0.2, 0.25) is 0 Å². The highest BCUT2D eigenvalue weighted by molar-refractivity contribution is 5.72. The topological polar surface area (TPSA) is 99.4 Å². The second-order valence-electron chi connectivity index (χ2n) is 2.82. The second kappa shape index (κ2) is 3.41. The van der Waals surface area contributed by atoms with E-state index in [1.807, 2.05) is 0 Å². The summed E-state index contributed by atoms with van der Waals surface area (Å²) < 4.78 is 0. The van der Waals surface area contributed by atoms with Gasteiger partial charge in [-0.25, -0.2) is 15.0 Å². The van der Waals surface area contributed by atoms with E-state index >= 15 is 0 Å². The fourth-order valence-corrected chi connectivity index (χ4v) is 1.19. The summed E-state index contributed by atoms with van der Waals surface area (Å²) in [5, 5.41) is 28.1. The summed E-state index contributed by atoms with van der Waals surface area (Å²) in [4.78, 5) is 11.2. The van der Waals surface area contributed by atoms with Gasteiger partial charge in [0.1, 0.15) is 35.5 Å². The number of rotatable bonds is 1. The van der Waals surface area contributed by atoms with Gasteiger partial charge in [-0.1, -0.05) is 0 Å². The van der Waals surface area contributed by atoms with E-state index in [1.165, 1.54) is 12.7 Å². The summed E-state index contributed by atoms with van der Waals surface area (Å²) in [5.74, 6) is -0.680. The molecule has 6 nitrogen and oxygen atoms in total. The molecule has 0 spiro atoms. The fraction of sp³-hybridized carbons (Fsp3) is 0. The molecular weight excluding hydrogens is 198 g/mol. The van der Waals surface area contributed by atoms with Gasteiger partial charge in [-0.05, 0) is 0 Å². The Morgan fingerprint density at radius 3 is 1.93 bits per heavy atom. The van der Waals surface area contributed by atoms with E-state index in [9.17, 15) is 10.2 Å². The van der Waals surface area contributed by atoms with E-state index in [1.54, 1.807) is 0 Å². The predicted octanol–water partition coefficient (Wildman–Crippen LogP) is 0.655. The number of hydrogen-bond acceptors (Lipinski definition) is 6. The van der Waals surface area contributed by atoms with Gasteiger partial charge in [-0.15, -0.1) is 0 Å². The smallest absolute Gasteiger partial charge is 0.170 e. The Morgan fingerprint density at radius 1 is 0.867 bits per heavy atom. The van der Waals surface area contributed by atoms with Gasteiger partial charge in [-0.3, -0.25) is 0 Å². The van der Waals surface area contributed by atoms with Gasteiger partial charge >= 0.3 is 0 Å². The average Bonchev–Trinajstić information content (AvgIpc) is 2.17. The van der Waals surface area contributed by atoms with Crippen LogP contribution in [0.15, 0.2) is 24.8 Å². The third-order valence-corrected chi connectivity index (χ3v) is 1.80. The minimum absolute atomic E-state index is 0.0650. The highest BCUT2D eigenvalue weighted by Crippen LogP contribution is 2.37. The molecule has 1 aromatic heterocycles. The van der Waals surface area contributed by atoms with Crippen molar-refractivity contribution in [3.63, 3.8) is 0 Å². The number of aromatic hydroxyl groups is 3. The van der Waals surface area contributed by atoms with Crippen LogP contribution in [0, 0.1) is 0 Å². The second-order valence-corrected chi connectivity index (χ2v) is 2.82. The van der Waals surface area contributed by atoms with Gasteiger partial charge in [0.2, 0.25) is 0 Å². The summed E-state index contributed by atoms with van der Waals surface area (Å²) in [5.41, 5.74) is 0.0650. The molecule has 15 heavy (non-hydrogen) atoms. The van der Waals surface area contributed by atoms with Crippen molar-refractivity contribution in [2.45, 2.75) is 0 Å². The molecule has 0 saturated carbocycles. The van der Waals surface area contributed by atoms with Crippen molar-refractivity contribution in [1.29, 1.82) is 0 Å². The standard InChI is InChI=1S/C9H7N3O3/c13-5-1-6(14)8(7(15)2-5)9-11-3-10-4-12-9/h1-4,13-15H. The maximum absolute atomic E-state index is 9.51. The van der Waals surface area contributed by atoms with E-state index < -0.39 is 0 Å². The maximum Gasteiger partial charge on any atom is 0.170 e. The van der Waals surface area contributed by atoms with Crippen molar-refractivity contribution in [2.24, 2.45) is 0 Å². The lowest BCUT2D eigenvalue weighted by Gasteiger charge is -2.05. The highest BCUT2D eigenvalue weighted by Gasteiger charge is 2.13. The summed E-state index contributed by atoms with van der Waals surface area (Å²) >= 11 is 0. The average molecular weight is 205 g/mol. The monoisotopic (exact) mass is 205 g/mol. The lowest BCUT2D eigenvalue weighted by atomic mass is 10.1. The van der Waals surface area contributed by atoms with Crippen molar-refractivity contribution in [2.75, 3.05) is 0 Å². The van der Waals surface area contributed by atoms with E-state index in [4.69, 9.17) is 5.11 Å². The van der Waals surface area contributed by atoms with E-state index in [0.717, 1.165) is 12.1 Å². The number of phenolic OH excluding ortho intramolecular Hbond substituents is 3. The van der Waals surface area contributed by atoms with Crippen LogP contribution in [-0.4, -0.2) is 30.3 Å². The van der Waals surface area contributed by atoms with Crippen molar-refractivity contribution in [3.05, 3.63) is 24.8 Å². The quantitative estimate of drug-likeness (QED) is 0.632. The zero-order valence-corrected chi connectivity index (χ0v) is 7.49. The Balaban J connectivity index is 2.64. The lowest BCUT2D eigenvalue weighted by molar-refractivity contribution is 0.430. The Kier molecular flexibility index (Phi) is 2.09. The maximum atomic E-state index is 9.51. The third kappa shape index (κ3) is 1.64. The van der Waals surface area contributed by atoms with Crippen LogP contribution in [0.5, 0.6) is 17.2 Å². The van der Waals surface area contributed by atoms with Crippen molar-refractivity contribution >= 4 is 0 Å². The Labute approximate surface area is 84.5 Å². The molecule has 0 aliphatic heterocycles. The molecule has 2 rings (SSSR count). The van der Waals surface area contributed by atoms with Crippen LogP contribution in [0.4, 0.5) is 0 Å². The van der Waals surface area contributed by atoms with Gasteiger partial charge in [0.15, 0.2) is 5.82 Å². The molecule has 0 unspecified atom stereocenters. The van der Waals surface area contributed by atoms with E-state index in [0.29, 0.717) is 0 Å². The first-order valence-corrected chi connectivity index (χ1v) is 4.06. The van der Waals surface area contributed by atoms with Crippen molar-refractivity contribution < 1.29 is 15.3 Å². The van der Waals surface area contributed by atoms with E-state index in [-0.39, 0.29) is 28.6 Å². The first-order valence-electron chi connectivity index (χ1n) is 4.06. The largest absolute Gasteiger partial charge is 0.508 e. The molecule has 6 heteroatoms. The van der Waals surface area contributed by atoms with Crippen molar-refractivity contribution in [3.8, 4) is 28.6 Å². The summed E-state index contributed by atoms with van der Waals surface area (Å²) in [7, 11) is 0. The SMILES string of the molecule is Oc1cc(O)c(-c2ncncn2)c(O)c1. The third-order valence-electron chi connectivity index (χ3n) is 1.80. The number of benzene rings is 1. The molecule has 0 bridgehead atoms. The van der Waals surface area contributed by atoms with Gasteiger partial charge in [0.25, 0.3) is 0 Å². The molecule has 0 radical (unpaired) electrons. The van der Waals surface area contributed by atoms with Crippen molar-refractivity contribution in [1.82, 2.24) is 15.0 Å². The highest BCUT2D eigenvalue weighted by atomic mass is 16.3. The number of hydrogen-bond donors (Lipinski definition) is 3. The minimum Gasteiger partial charge on any atom is -0.508 e. The van der Waals surface area contributed by atoms with Crippen LogP contribution < -0.4 is 0 Å². The van der Waals surface area contributed by atoms with Crippen LogP contribution in [-0.2, 0) is 0 Å². The fourth-order valence-electron chi connectivity index (χ4n) is 1.19. The number of aromatic nitrogens is 3. The molecule has 1 aromatic carbocycles. The normalized spacial score (nSPS) is 10.1. The van der Waals surface area contributed by atoms with Gasteiger partial charge in [0, 0.05) is 12.1 Å². The van der Waals surface area contributed by atoms with Crippen LogP contribution in [0.1, 0.15) is 0 Å². The zero-order valence-electron chi connectivity index (χ0n) is 7.49. The van der Waals surface area contributed by atoms with Crippen LogP contribution in [0.3, 0.4) is 0 Å². The van der Waals surface area contributed by atoms with Crippen LogP contribution in [0.25, 0.3) is 11.4 Å². The Hall–Kier alpha value is -2.37. The summed E-state index contributed by atoms with van der Waals surface area (Å²) in [6, 6.07) is 2.19. The van der Waals surface area contributed by atoms with Crippen LogP contribution >= 0.6 is 0 Å². The molecule has 0 aliphatic carbocycles. The molecule has 0 fully saturated rings. The Morgan fingerprint density at radius 2 is 1.40 bits per heavy atom. The van der Waals surface area contributed by atoms with Gasteiger partial charge in [0.05, 0.1) is 0 Å². The molecule has 1 heterocycles. The molecule has 3 N–H and O–H groups in total. The van der Waals surface area contributed by atoms with Gasteiger partial charge < -0.3 is 15.3 Å². The number of nitrogens with zero attached hydrogens (tertiary/aromatic N) is 3. The molecule has 0 amide bonds. The van der Waals surface area contributed by atoms with Gasteiger partial charge in [-0.2, -0.15) is 0 Å². The molecule has 0 aliphatic rings. The summed E-state index contributed by atoms with van der Waals surface area (Å²) in [6.07, 6.45) is 2.49. The lowest BCUT2D eigenvalue weighted by Crippen LogP contribution is -1.90. The first-order chi connectivity index (χ1) is 7.18. The number of phenols is 3. The molecule has 0 saturated heterocycles. The molecular formula is C9H7N3O3. The predicted molar refractivity (Wildman–Crippen MR) is 50.3 cm³/mol. The summed E-state index contributed by atoms with van der Waals surface area (Å²) in [6.45, 7) is 0. The van der Waals surface area contributed by atoms with E-state index in [2.05, 4.69) is 15.0 Å². The first kappa shape index (κ1) is 9.20. The minimum atomic E-state index is -0.293. The molecule has 0 atom stereocenters. The Bertz CT molecular complexity index is 464. The molecule has 2 aromatic rings. The molecule has 76 valence electrons. The zero-order chi connectivity index (χ0) is 10.8.